The van der Waals surface area contributed by atoms with Crippen LogP contribution < -0.4 is 34.0 Å². The van der Waals surface area contributed by atoms with Crippen LogP contribution in [-0.2, 0) is 88.2 Å². The van der Waals surface area contributed by atoms with Gasteiger partial charge in [0.15, 0.2) is 6.54 Å². The van der Waals surface area contributed by atoms with Gasteiger partial charge >= 0.3 is 58.9 Å². The predicted octanol–water partition coefficient (Wildman–Crippen LogP) is 4.93. The van der Waals surface area contributed by atoms with Crippen LogP contribution in [-0.4, -0.2) is 248 Å². The van der Waals surface area contributed by atoms with Crippen LogP contribution in [0.4, 0.5) is 0 Å². The summed E-state index contributed by atoms with van der Waals surface area (Å²) >= 11 is 16.3. The van der Waals surface area contributed by atoms with E-state index < -0.39 is 46.6 Å². The van der Waals surface area contributed by atoms with E-state index in [0.29, 0.717) is 108 Å². The fourth-order valence-corrected chi connectivity index (χ4v) is 19.8. The molecule has 4 unspecified atom stereocenters. The van der Waals surface area contributed by atoms with Crippen molar-refractivity contribution in [2.45, 2.75) is 168 Å². The molecule has 9 aliphatic heterocycles. The summed E-state index contributed by atoms with van der Waals surface area (Å²) in [6, 6.07) is 27.1. The molecule has 35 heteroatoms. The summed E-state index contributed by atoms with van der Waals surface area (Å²) in [4.78, 5) is 80.6. The van der Waals surface area contributed by atoms with Gasteiger partial charge in [-0.2, -0.15) is 11.4 Å². The van der Waals surface area contributed by atoms with Crippen LogP contribution in [0.3, 0.4) is 0 Å². The van der Waals surface area contributed by atoms with Gasteiger partial charge in [0.05, 0.1) is 72.8 Å². The van der Waals surface area contributed by atoms with Crippen molar-refractivity contribution >= 4 is 206 Å². The third-order valence-electron chi connectivity index (χ3n) is 19.2. The van der Waals surface area contributed by atoms with Crippen molar-refractivity contribution in [3.8, 4) is 0 Å². The number of likely N-dealkylation sites (N-methyl/N-ethyl adjacent to an activating group) is 3. The Morgan fingerprint density at radius 1 is 0.528 bits per heavy atom. The van der Waals surface area contributed by atoms with Crippen LogP contribution in [0.15, 0.2) is 123 Å². The number of hydrogen-bond donors (Lipinski definition) is 4. The largest absolute Gasteiger partial charge is 2.00 e. The van der Waals surface area contributed by atoms with E-state index in [1.54, 1.807) is 66.8 Å². The molecule has 6 bridgehead atoms. The Balaban J connectivity index is 0.000000283. The van der Waals surface area contributed by atoms with Crippen molar-refractivity contribution < 1.29 is 130 Å². The van der Waals surface area contributed by atoms with Gasteiger partial charge in [0.1, 0.15) is 60.9 Å². The second-order valence-electron chi connectivity index (χ2n) is 24.7. The van der Waals surface area contributed by atoms with Crippen molar-refractivity contribution in [1.82, 2.24) is 9.80 Å². The number of aliphatic hydroxyl groups excluding tert-OH is 1. The fourth-order valence-electron chi connectivity index (χ4n) is 14.2. The van der Waals surface area contributed by atoms with Gasteiger partial charge in [0.25, 0.3) is 0 Å². The summed E-state index contributed by atoms with van der Waals surface area (Å²) in [6.07, 6.45) is 5.72. The number of piperidine rings is 3. The van der Waals surface area contributed by atoms with Gasteiger partial charge in [0.2, 0.25) is 16.8 Å². The Bertz CT molecular complexity index is 3540. The minimum absolute atomic E-state index is 0. The van der Waals surface area contributed by atoms with Crippen LogP contribution in [0.5, 0.6) is 0 Å². The second kappa shape index (κ2) is 44.2. The Labute approximate surface area is 726 Å². The average molecular weight is 2080 g/mol. The molecule has 16 atom stereocenters. The molecule has 0 saturated carbocycles. The van der Waals surface area contributed by atoms with Crippen LogP contribution in [0, 0.1) is 5.38 Å². The van der Waals surface area contributed by atoms with Gasteiger partial charge in [-0.25, -0.2) is 34.8 Å². The van der Waals surface area contributed by atoms with Crippen molar-refractivity contribution in [1.29, 1.82) is 0 Å². The molecule has 9 fully saturated rings. The fraction of sp³-hybridized carbons (Fsp3) is 0.521. The maximum Gasteiger partial charge on any atom is 2.00 e. The summed E-state index contributed by atoms with van der Waals surface area (Å²) in [5, 5.41) is 58.7. The molecule has 0 amide bonds. The molecule has 9 aliphatic rings. The summed E-state index contributed by atoms with van der Waals surface area (Å²) in [7, 11) is 9.84. The first-order valence-electron chi connectivity index (χ1n) is 32.1. The molecule has 0 aromatic carbocycles. The van der Waals surface area contributed by atoms with Crippen molar-refractivity contribution in [3.05, 3.63) is 157 Å². The maximum absolute atomic E-state index is 13.3. The molecule has 0 radical (unpaired) electrons. The van der Waals surface area contributed by atoms with E-state index in [2.05, 4.69) is 118 Å². The number of ether oxygens (including phenoxy) is 9. The summed E-state index contributed by atoms with van der Waals surface area (Å²) in [5.41, 5.74) is -5.19. The molecule has 16 heterocycles. The average Bonchev–Trinajstić information content (AvgIpc) is 1.54. The standard InChI is InChI=1S/C22H26NO6S2.C18H19NO4S2.C11H10O3S2.C8H13NO2.C4H6O4.C4H3S.CH2I2.CH3I.2CH4.2BrH.Mg/c1-3-27-18(24)12-23(2)14-10-13(11-15(23)20-19(14)29-20)28-21(25)22(26,16-6-4-8-30-16)17-7-5-9-31-17;1-19-11-8-10(9-12(19)16-15(11)23-16)22-17(20)18(21,13-4-2-6-24-13)14-5-3-7-25-14;1-14-10(12)11(13,8-4-2-6-15-8)9-5-3-7-16-9;1-9-5-2-4(10)3-6(9)8-7(5)11-8;1-7-3(5)4(6)8-2;1-2-4-5-3-1;2-1-3;1-2;;;;;/h4-9,13-15,19-20,26H,3,10-12H2,1-2H3;2-7,10-12,15-16,21H,8-9H2,1H3;2-7,13H,1H3;4-8,10H,2-3H2,1H3;1-2H3;1-3H;1H2;1H3;2*1H4;2*1H;/q+1;;;;;-1;;;;;;;+2/p-2/t13?,14-,15+,19-,20+,23?;10?,11-,12+,15-,16+;;4?,5-,6+,7-,8+;;;;;;;;;. The minimum Gasteiger partial charge on any atom is -1.00 e. The predicted molar refractivity (Wildman–Crippen MR) is 432 cm³/mol. The number of epoxide rings is 3. The Morgan fingerprint density at radius 2 is 0.840 bits per heavy atom. The van der Waals surface area contributed by atoms with E-state index in [0.717, 1.165) is 39.9 Å². The van der Waals surface area contributed by atoms with Gasteiger partial charge in [-0.3, -0.25) is 9.80 Å². The monoisotopic (exact) mass is 2070 g/mol. The number of nitrogens with zero attached hydrogens (tertiary/aromatic N) is 3. The number of carbonyl (C=O) groups is 6. The van der Waals surface area contributed by atoms with Crippen molar-refractivity contribution in [3.63, 3.8) is 0 Å². The molecular weight excluding hydrogens is 1990 g/mol. The zero-order valence-electron chi connectivity index (χ0n) is 57.9. The normalized spacial score (nSPS) is 27.1. The smallest absolute Gasteiger partial charge is 1.00 e. The van der Waals surface area contributed by atoms with Gasteiger partial charge in [-0.15, -0.1) is 73.4 Å². The van der Waals surface area contributed by atoms with Crippen LogP contribution in [0.1, 0.15) is 89.6 Å². The molecular formula is C71H90Br2I3MgN3O19S7. The number of morpholine rings is 3. The van der Waals surface area contributed by atoms with E-state index in [1.807, 2.05) is 79.0 Å². The van der Waals surface area contributed by atoms with Crippen LogP contribution in [0.25, 0.3) is 0 Å². The Kier molecular flexibility index (Phi) is 40.3. The number of methoxy groups -OCH3 is 3. The molecule has 7 aromatic rings. The number of quaternary nitrogens is 1. The van der Waals surface area contributed by atoms with Gasteiger partial charge in [-0.05, 0) is 107 Å². The molecule has 0 aliphatic carbocycles. The molecule has 9 saturated heterocycles. The number of halogens is 5. The first kappa shape index (κ1) is 96.6. The van der Waals surface area contributed by atoms with E-state index in [-0.39, 0.29) is 120 Å². The molecule has 16 rings (SSSR count). The van der Waals surface area contributed by atoms with Crippen molar-refractivity contribution in [2.75, 3.05) is 63.0 Å². The number of thiophene rings is 7. The van der Waals surface area contributed by atoms with Crippen molar-refractivity contribution in [2.24, 2.45) is 0 Å². The first-order chi connectivity index (χ1) is 48.6. The Morgan fingerprint density at radius 3 is 1.10 bits per heavy atom. The number of fused-ring (bicyclic) bond motifs is 15. The van der Waals surface area contributed by atoms with Gasteiger partial charge < -0.3 is 113 Å². The van der Waals surface area contributed by atoms with E-state index in [9.17, 15) is 49.2 Å². The number of hydrogen-bond acceptors (Lipinski definition) is 28. The Hall–Kier alpha value is -1.76. The number of alkyl halides is 3. The van der Waals surface area contributed by atoms with Gasteiger partial charge in [-0.1, -0.05) is 119 Å². The molecule has 0 spiro atoms. The van der Waals surface area contributed by atoms with E-state index in [1.165, 1.54) is 77.6 Å². The number of carbonyl (C=O) groups excluding carboxylic acids is 6. The number of esters is 6. The summed E-state index contributed by atoms with van der Waals surface area (Å²) < 4.78 is 48.4. The summed E-state index contributed by atoms with van der Waals surface area (Å²) in [6.45, 7) is 2.47. The molecule has 22 nitrogen and oxygen atoms in total. The topological polar surface area (TPSA) is 283 Å². The number of aliphatic hydroxyl groups is 4. The first-order valence-corrected chi connectivity index (χ1v) is 43.5. The number of rotatable bonds is 14. The molecule has 582 valence electrons. The summed E-state index contributed by atoms with van der Waals surface area (Å²) in [5.74, 6) is -4.03. The van der Waals surface area contributed by atoms with Gasteiger partial charge in [0, 0.05) is 49.9 Å². The minimum atomic E-state index is -1.80. The third-order valence-corrected chi connectivity index (χ3v) is 25.6. The maximum atomic E-state index is 13.3. The zero-order valence-corrected chi connectivity index (χ0v) is 74.6. The zero-order chi connectivity index (χ0) is 73.0. The van der Waals surface area contributed by atoms with E-state index >= 15 is 0 Å². The third kappa shape index (κ3) is 21.8. The second-order valence-corrected chi connectivity index (χ2v) is 35.5. The van der Waals surface area contributed by atoms with E-state index in [4.69, 9.17) is 28.4 Å². The quantitative estimate of drug-likeness (QED) is 0.0129. The molecule has 7 aromatic heterocycles. The molecule has 106 heavy (non-hydrogen) atoms. The SMILES string of the molecule is C.C.CCOC(=O)C[N+]1(C)[C@@H]2CC(OC(=O)C(O)(c3cccs3)c3cccs3)C[C@H]1[C@@H]1O[C@@H]12.CI.CN1[C@@H]2CC(O)C[C@H]1[C@@H]1O[C@@H]12.CN1[C@@H]2CC(OC(=O)C(O)(c3cccs3)c3cccs3)C[C@H]1[C@@H]1O[C@@H]12.COC(=O)C(=O)OC.COC(=O)C(O)(c1cccs1)c1cccs1.ICI.[Br-].[Br-].[Mg+2].[c-]1cccs1. The van der Waals surface area contributed by atoms with Crippen LogP contribution >= 0.6 is 147 Å². The van der Waals surface area contributed by atoms with Crippen LogP contribution in [0.2, 0.25) is 0 Å². The molecule has 4 N–H and O–H groups in total.